The van der Waals surface area contributed by atoms with Gasteiger partial charge in [-0.25, -0.2) is 0 Å². The third kappa shape index (κ3) is 8.93. The Labute approximate surface area is 116 Å². The zero-order chi connectivity index (χ0) is 14.0. The Balaban J connectivity index is 4.04. The summed E-state index contributed by atoms with van der Waals surface area (Å²) in [6.07, 6.45) is 3.97. The fraction of sp³-hybridized carbons (Fsp3) is 1.00. The standard InChI is InChI=1S/C16H36N2/c1-7-17-16(10-11-18(8-2)9-3)13-15(6)12-14(4)5/h14-17H,7-13H2,1-6H3. The quantitative estimate of drug-likeness (QED) is 0.605. The van der Waals surface area contributed by atoms with Gasteiger partial charge in [0.25, 0.3) is 0 Å². The van der Waals surface area contributed by atoms with Crippen molar-refractivity contribution in [1.29, 1.82) is 0 Å². The second-order valence-electron chi connectivity index (χ2n) is 6.04. The number of nitrogens with zero attached hydrogens (tertiary/aromatic N) is 1. The van der Waals surface area contributed by atoms with E-state index in [0.29, 0.717) is 6.04 Å². The van der Waals surface area contributed by atoms with Gasteiger partial charge in [-0.05, 0) is 57.3 Å². The predicted molar refractivity (Wildman–Crippen MR) is 83.1 cm³/mol. The molecule has 2 unspecified atom stereocenters. The summed E-state index contributed by atoms with van der Waals surface area (Å²) in [7, 11) is 0. The monoisotopic (exact) mass is 256 g/mol. The molecule has 110 valence electrons. The molecule has 0 rings (SSSR count). The van der Waals surface area contributed by atoms with E-state index in [9.17, 15) is 0 Å². The highest BCUT2D eigenvalue weighted by Gasteiger charge is 2.14. The number of hydrogen-bond donors (Lipinski definition) is 1. The lowest BCUT2D eigenvalue weighted by atomic mass is 9.91. The largest absolute Gasteiger partial charge is 0.314 e. The molecule has 0 saturated heterocycles. The van der Waals surface area contributed by atoms with Crippen molar-refractivity contribution in [2.24, 2.45) is 11.8 Å². The van der Waals surface area contributed by atoms with Crippen LogP contribution in [0.15, 0.2) is 0 Å². The van der Waals surface area contributed by atoms with E-state index in [1.54, 1.807) is 0 Å². The minimum Gasteiger partial charge on any atom is -0.314 e. The molecule has 0 amide bonds. The lowest BCUT2D eigenvalue weighted by Crippen LogP contribution is -2.35. The molecule has 0 aromatic heterocycles. The molecular formula is C16H36N2. The van der Waals surface area contributed by atoms with Gasteiger partial charge in [-0.15, -0.1) is 0 Å². The highest BCUT2D eigenvalue weighted by molar-refractivity contribution is 4.72. The summed E-state index contributed by atoms with van der Waals surface area (Å²) >= 11 is 0. The third-order valence-electron chi connectivity index (χ3n) is 3.74. The third-order valence-corrected chi connectivity index (χ3v) is 3.74. The summed E-state index contributed by atoms with van der Waals surface area (Å²) in [4.78, 5) is 2.53. The highest BCUT2D eigenvalue weighted by Crippen LogP contribution is 2.18. The molecule has 0 aliphatic rings. The van der Waals surface area contributed by atoms with E-state index in [-0.39, 0.29) is 0 Å². The Morgan fingerprint density at radius 3 is 2.00 bits per heavy atom. The van der Waals surface area contributed by atoms with Crippen LogP contribution in [0.1, 0.15) is 60.8 Å². The van der Waals surface area contributed by atoms with Gasteiger partial charge in [0.2, 0.25) is 0 Å². The van der Waals surface area contributed by atoms with Crippen LogP contribution in [0.3, 0.4) is 0 Å². The van der Waals surface area contributed by atoms with Crippen molar-refractivity contribution in [1.82, 2.24) is 10.2 Å². The van der Waals surface area contributed by atoms with Crippen LogP contribution in [-0.4, -0.2) is 37.1 Å². The minimum absolute atomic E-state index is 0.698. The first kappa shape index (κ1) is 17.9. The lowest BCUT2D eigenvalue weighted by molar-refractivity contribution is 0.264. The van der Waals surface area contributed by atoms with Crippen LogP contribution < -0.4 is 5.32 Å². The van der Waals surface area contributed by atoms with Crippen molar-refractivity contribution in [3.8, 4) is 0 Å². The molecular weight excluding hydrogens is 220 g/mol. The molecule has 0 bridgehead atoms. The molecule has 0 aliphatic carbocycles. The van der Waals surface area contributed by atoms with Crippen molar-refractivity contribution in [2.75, 3.05) is 26.2 Å². The topological polar surface area (TPSA) is 15.3 Å². The first-order valence-corrected chi connectivity index (χ1v) is 7.99. The van der Waals surface area contributed by atoms with Crippen molar-refractivity contribution in [2.45, 2.75) is 66.8 Å². The Hall–Kier alpha value is -0.0800. The average Bonchev–Trinajstić information content (AvgIpc) is 2.29. The molecule has 0 fully saturated rings. The van der Waals surface area contributed by atoms with Crippen LogP contribution in [0, 0.1) is 11.8 Å². The molecule has 0 saturated carbocycles. The predicted octanol–water partition coefficient (Wildman–Crippen LogP) is 3.77. The smallest absolute Gasteiger partial charge is 0.00816 e. The Morgan fingerprint density at radius 2 is 1.56 bits per heavy atom. The maximum absolute atomic E-state index is 3.66. The molecule has 18 heavy (non-hydrogen) atoms. The van der Waals surface area contributed by atoms with Gasteiger partial charge in [0.1, 0.15) is 0 Å². The van der Waals surface area contributed by atoms with E-state index < -0.39 is 0 Å². The first-order valence-electron chi connectivity index (χ1n) is 7.99. The molecule has 1 N–H and O–H groups in total. The Morgan fingerprint density at radius 1 is 0.944 bits per heavy atom. The fourth-order valence-electron chi connectivity index (χ4n) is 2.86. The molecule has 2 nitrogen and oxygen atoms in total. The van der Waals surface area contributed by atoms with Gasteiger partial charge in [0.05, 0.1) is 0 Å². The number of nitrogens with one attached hydrogen (secondary N) is 1. The van der Waals surface area contributed by atoms with E-state index in [1.807, 2.05) is 0 Å². The molecule has 0 radical (unpaired) electrons. The summed E-state index contributed by atoms with van der Waals surface area (Å²) in [6, 6.07) is 0.698. The van der Waals surface area contributed by atoms with Crippen LogP contribution in [0.4, 0.5) is 0 Å². The Bertz CT molecular complexity index is 176. The maximum Gasteiger partial charge on any atom is 0.00816 e. The van der Waals surface area contributed by atoms with E-state index in [0.717, 1.165) is 18.4 Å². The van der Waals surface area contributed by atoms with Crippen molar-refractivity contribution >= 4 is 0 Å². The van der Waals surface area contributed by atoms with Gasteiger partial charge in [-0.1, -0.05) is 41.5 Å². The number of rotatable bonds is 11. The van der Waals surface area contributed by atoms with Crippen molar-refractivity contribution in [3.63, 3.8) is 0 Å². The lowest BCUT2D eigenvalue weighted by Gasteiger charge is -2.26. The van der Waals surface area contributed by atoms with Crippen LogP contribution in [0.5, 0.6) is 0 Å². The highest BCUT2D eigenvalue weighted by atomic mass is 15.1. The van der Waals surface area contributed by atoms with E-state index in [4.69, 9.17) is 0 Å². The first-order chi connectivity index (χ1) is 8.53. The zero-order valence-electron chi connectivity index (χ0n) is 13.6. The summed E-state index contributed by atoms with van der Waals surface area (Å²) in [5.74, 6) is 1.66. The van der Waals surface area contributed by atoms with Gasteiger partial charge < -0.3 is 10.2 Å². The fourth-order valence-corrected chi connectivity index (χ4v) is 2.86. The molecule has 0 spiro atoms. The van der Waals surface area contributed by atoms with Gasteiger partial charge in [-0.2, -0.15) is 0 Å². The maximum atomic E-state index is 3.66. The second kappa shape index (κ2) is 10.8. The summed E-state index contributed by atoms with van der Waals surface area (Å²) in [5.41, 5.74) is 0. The molecule has 2 heteroatoms. The molecule has 0 aromatic carbocycles. The van der Waals surface area contributed by atoms with E-state index >= 15 is 0 Å². The van der Waals surface area contributed by atoms with Crippen LogP contribution >= 0.6 is 0 Å². The van der Waals surface area contributed by atoms with Gasteiger partial charge in [0.15, 0.2) is 0 Å². The van der Waals surface area contributed by atoms with Crippen LogP contribution in [0.25, 0.3) is 0 Å². The normalized spacial score (nSPS) is 15.3. The van der Waals surface area contributed by atoms with E-state index in [2.05, 4.69) is 51.8 Å². The molecule has 0 heterocycles. The molecule has 2 atom stereocenters. The summed E-state index contributed by atoms with van der Waals surface area (Å²) in [5, 5.41) is 3.66. The van der Waals surface area contributed by atoms with Crippen molar-refractivity contribution < 1.29 is 0 Å². The second-order valence-corrected chi connectivity index (χ2v) is 6.04. The van der Waals surface area contributed by atoms with Gasteiger partial charge in [0, 0.05) is 6.04 Å². The van der Waals surface area contributed by atoms with Crippen LogP contribution in [-0.2, 0) is 0 Å². The van der Waals surface area contributed by atoms with Gasteiger partial charge >= 0.3 is 0 Å². The Kier molecular flexibility index (Phi) is 10.8. The summed E-state index contributed by atoms with van der Waals surface area (Å²) in [6.45, 7) is 18.5. The van der Waals surface area contributed by atoms with Crippen molar-refractivity contribution in [3.05, 3.63) is 0 Å². The van der Waals surface area contributed by atoms with E-state index in [1.165, 1.54) is 38.9 Å². The molecule has 0 aliphatic heterocycles. The van der Waals surface area contributed by atoms with Crippen LogP contribution in [0.2, 0.25) is 0 Å². The SMILES string of the molecule is CCNC(CCN(CC)CC)CC(C)CC(C)C. The number of hydrogen-bond acceptors (Lipinski definition) is 2. The summed E-state index contributed by atoms with van der Waals surface area (Å²) < 4.78 is 0. The minimum atomic E-state index is 0.698. The van der Waals surface area contributed by atoms with Gasteiger partial charge in [-0.3, -0.25) is 0 Å². The zero-order valence-corrected chi connectivity index (χ0v) is 13.6. The molecule has 0 aromatic rings. The average molecular weight is 256 g/mol.